The summed E-state index contributed by atoms with van der Waals surface area (Å²) >= 11 is 26.1. The first-order valence-electron chi connectivity index (χ1n) is 13.9. The lowest BCUT2D eigenvalue weighted by atomic mass is 10.0. The molecule has 0 amide bonds. The summed E-state index contributed by atoms with van der Waals surface area (Å²) in [5.74, 6) is 0.456. The molecule has 2 aliphatic heterocycles. The highest BCUT2D eigenvalue weighted by atomic mass is 35.5. The minimum atomic E-state index is -3.54. The average Bonchev–Trinajstić information content (AvgIpc) is 2.96. The molecule has 2 fully saturated rings. The fraction of sp³-hybridized carbons (Fsp3) is 0.429. The lowest BCUT2D eigenvalue weighted by Gasteiger charge is -2.42. The number of nitrogens with one attached hydrogen (secondary N) is 2. The number of hydrogen-bond donors (Lipinski definition) is 2. The highest BCUT2D eigenvalue weighted by Gasteiger charge is 2.28. The van der Waals surface area contributed by atoms with E-state index < -0.39 is 10.0 Å². The Morgan fingerprint density at radius 2 is 1.58 bits per heavy atom. The summed E-state index contributed by atoms with van der Waals surface area (Å²) < 4.78 is 25.5. The first kappa shape index (κ1) is 32.2. The van der Waals surface area contributed by atoms with Crippen molar-refractivity contribution in [3.05, 3.63) is 56.6 Å². The number of piperazine rings is 1. The standard InChI is InChI=1S/C28H34Cl4N8O2S/c1-37-10-12-39(13-11-37)19-6-8-40(9-7-19)26-16-20(30)23(15-21(26)31)35-28-33-17-22(32)27(36-28)34-24-14-18(29)4-5-25(24)38(2)43(3,41)42/h4-5,14-17,19H,6-13H2,1-3H3,(H2,33,34,35,36). The van der Waals surface area contributed by atoms with Gasteiger partial charge < -0.3 is 20.4 Å². The summed E-state index contributed by atoms with van der Waals surface area (Å²) in [6, 6.07) is 9.03. The molecule has 0 spiro atoms. The zero-order valence-corrected chi connectivity index (χ0v) is 28.0. The molecule has 3 aromatic rings. The van der Waals surface area contributed by atoms with E-state index in [0.29, 0.717) is 38.2 Å². The Balaban J connectivity index is 1.30. The Bertz CT molecular complexity index is 1580. The largest absolute Gasteiger partial charge is 0.370 e. The molecule has 2 saturated heterocycles. The zero-order valence-electron chi connectivity index (χ0n) is 24.1. The maximum atomic E-state index is 12.2. The summed E-state index contributed by atoms with van der Waals surface area (Å²) in [5, 5.41) is 7.88. The minimum absolute atomic E-state index is 0.214. The number of anilines is 6. The Labute approximate surface area is 272 Å². The summed E-state index contributed by atoms with van der Waals surface area (Å²) in [5.41, 5.74) is 2.20. The van der Waals surface area contributed by atoms with Gasteiger partial charge in [-0.15, -0.1) is 0 Å². The van der Waals surface area contributed by atoms with Crippen LogP contribution in [-0.4, -0.2) is 93.8 Å². The third-order valence-corrected chi connectivity index (χ3v) is 10.3. The summed E-state index contributed by atoms with van der Waals surface area (Å²) in [6.07, 6.45) is 4.71. The van der Waals surface area contributed by atoms with Crippen LogP contribution in [0, 0.1) is 0 Å². The normalized spacial score (nSPS) is 17.2. The van der Waals surface area contributed by atoms with Crippen LogP contribution in [0.25, 0.3) is 0 Å². The van der Waals surface area contributed by atoms with Gasteiger partial charge in [-0.3, -0.25) is 9.21 Å². The van der Waals surface area contributed by atoms with Gasteiger partial charge in [0, 0.05) is 57.4 Å². The summed E-state index contributed by atoms with van der Waals surface area (Å²) in [7, 11) is 0.0914. The fourth-order valence-corrected chi connectivity index (χ4v) is 6.67. The fourth-order valence-electron chi connectivity index (χ4n) is 5.36. The molecule has 0 bridgehead atoms. The highest BCUT2D eigenvalue weighted by Crippen LogP contribution is 2.38. The van der Waals surface area contributed by atoms with Gasteiger partial charge >= 0.3 is 0 Å². The molecule has 10 nitrogen and oxygen atoms in total. The van der Waals surface area contributed by atoms with E-state index in [2.05, 4.69) is 42.3 Å². The number of hydrogen-bond acceptors (Lipinski definition) is 9. The molecule has 0 saturated carbocycles. The minimum Gasteiger partial charge on any atom is -0.370 e. The van der Waals surface area contributed by atoms with Crippen molar-refractivity contribution in [2.24, 2.45) is 0 Å². The zero-order chi connectivity index (χ0) is 30.9. The van der Waals surface area contributed by atoms with Gasteiger partial charge in [-0.05, 0) is 50.2 Å². The molecule has 3 heterocycles. The van der Waals surface area contributed by atoms with E-state index in [1.807, 2.05) is 6.07 Å². The quantitative estimate of drug-likeness (QED) is 0.287. The van der Waals surface area contributed by atoms with Gasteiger partial charge in [0.2, 0.25) is 16.0 Å². The summed E-state index contributed by atoms with van der Waals surface area (Å²) in [6.45, 7) is 6.30. The van der Waals surface area contributed by atoms with Crippen molar-refractivity contribution in [3.8, 4) is 0 Å². The van der Waals surface area contributed by atoms with E-state index >= 15 is 0 Å². The van der Waals surface area contributed by atoms with Crippen LogP contribution in [0.2, 0.25) is 20.1 Å². The van der Waals surface area contributed by atoms with Crippen LogP contribution in [0.1, 0.15) is 12.8 Å². The molecule has 15 heteroatoms. The maximum Gasteiger partial charge on any atom is 0.232 e. The van der Waals surface area contributed by atoms with Gasteiger partial charge in [-0.25, -0.2) is 13.4 Å². The number of halogens is 4. The molecule has 0 unspecified atom stereocenters. The number of piperidine rings is 1. The van der Waals surface area contributed by atoms with Gasteiger partial charge in [0.25, 0.3) is 0 Å². The number of benzene rings is 2. The van der Waals surface area contributed by atoms with Gasteiger partial charge in [0.05, 0.1) is 45.2 Å². The van der Waals surface area contributed by atoms with Gasteiger partial charge in [0.1, 0.15) is 5.02 Å². The van der Waals surface area contributed by atoms with Crippen molar-refractivity contribution in [3.63, 3.8) is 0 Å². The Kier molecular flexibility index (Phi) is 10.0. The molecule has 0 atom stereocenters. The van der Waals surface area contributed by atoms with E-state index in [1.54, 1.807) is 24.3 Å². The van der Waals surface area contributed by atoms with Crippen molar-refractivity contribution >= 4 is 90.9 Å². The highest BCUT2D eigenvalue weighted by molar-refractivity contribution is 7.92. The first-order valence-corrected chi connectivity index (χ1v) is 17.2. The SMILES string of the molecule is CN1CCN(C2CCN(c3cc(Cl)c(Nc4ncc(Cl)c(Nc5cc(Cl)ccc5N(C)S(C)(=O)=O)n4)cc3Cl)CC2)CC1. The second-order valence-electron chi connectivity index (χ2n) is 10.9. The van der Waals surface area contributed by atoms with Crippen LogP contribution in [-0.2, 0) is 10.0 Å². The van der Waals surface area contributed by atoms with Crippen LogP contribution in [0.3, 0.4) is 0 Å². The number of aromatic nitrogens is 2. The first-order chi connectivity index (χ1) is 20.4. The smallest absolute Gasteiger partial charge is 0.232 e. The van der Waals surface area contributed by atoms with Crippen molar-refractivity contribution in [2.45, 2.75) is 18.9 Å². The molecule has 2 aliphatic rings. The molecule has 1 aromatic heterocycles. The maximum absolute atomic E-state index is 12.2. The Morgan fingerprint density at radius 3 is 2.26 bits per heavy atom. The molecule has 0 aliphatic carbocycles. The number of sulfonamides is 1. The predicted octanol–water partition coefficient (Wildman–Crippen LogP) is 6.19. The number of likely N-dealkylation sites (N-methyl/N-ethyl adjacent to an activating group) is 1. The van der Waals surface area contributed by atoms with Crippen LogP contribution < -0.4 is 19.8 Å². The number of rotatable bonds is 8. The topological polar surface area (TPSA) is 96.9 Å². The van der Waals surface area contributed by atoms with Crippen molar-refractivity contribution in [2.75, 3.05) is 79.5 Å². The second-order valence-corrected chi connectivity index (χ2v) is 14.5. The molecule has 232 valence electrons. The summed E-state index contributed by atoms with van der Waals surface area (Å²) in [4.78, 5) is 16.1. The van der Waals surface area contributed by atoms with E-state index in [-0.39, 0.29) is 16.8 Å². The van der Waals surface area contributed by atoms with Crippen LogP contribution >= 0.6 is 46.4 Å². The molecule has 2 N–H and O–H groups in total. The third-order valence-electron chi connectivity index (χ3n) is 7.93. The molecular formula is C28H34Cl4N8O2S. The van der Waals surface area contributed by atoms with Gasteiger partial charge in [0.15, 0.2) is 5.82 Å². The van der Waals surface area contributed by atoms with E-state index in [1.165, 1.54) is 13.2 Å². The van der Waals surface area contributed by atoms with Crippen molar-refractivity contribution < 1.29 is 8.42 Å². The van der Waals surface area contributed by atoms with Crippen LogP contribution in [0.4, 0.5) is 34.5 Å². The third kappa shape index (κ3) is 7.70. The average molecular weight is 689 g/mol. The second kappa shape index (κ2) is 13.4. The number of nitrogens with zero attached hydrogens (tertiary/aromatic N) is 6. The molecule has 5 rings (SSSR count). The lowest BCUT2D eigenvalue weighted by molar-refractivity contribution is 0.0982. The van der Waals surface area contributed by atoms with Gasteiger partial charge in [-0.2, -0.15) is 4.98 Å². The van der Waals surface area contributed by atoms with Crippen LogP contribution in [0.15, 0.2) is 36.5 Å². The van der Waals surface area contributed by atoms with Gasteiger partial charge in [-0.1, -0.05) is 46.4 Å². The lowest BCUT2D eigenvalue weighted by Crippen LogP contribution is -2.52. The predicted molar refractivity (Wildman–Crippen MR) is 179 cm³/mol. The Morgan fingerprint density at radius 1 is 0.884 bits per heavy atom. The van der Waals surface area contributed by atoms with Crippen LogP contribution in [0.5, 0.6) is 0 Å². The molecule has 43 heavy (non-hydrogen) atoms. The molecule has 0 radical (unpaired) electrons. The van der Waals surface area contributed by atoms with E-state index in [0.717, 1.165) is 68.4 Å². The Hall–Kier alpha value is -2.25. The van der Waals surface area contributed by atoms with Crippen molar-refractivity contribution in [1.82, 2.24) is 19.8 Å². The van der Waals surface area contributed by atoms with E-state index in [9.17, 15) is 8.42 Å². The van der Waals surface area contributed by atoms with Crippen molar-refractivity contribution in [1.29, 1.82) is 0 Å². The molecular weight excluding hydrogens is 654 g/mol. The van der Waals surface area contributed by atoms with E-state index in [4.69, 9.17) is 46.4 Å². The molecule has 2 aromatic carbocycles. The monoisotopic (exact) mass is 686 g/mol.